The van der Waals surface area contributed by atoms with E-state index in [0.717, 1.165) is 0 Å². The summed E-state index contributed by atoms with van der Waals surface area (Å²) in [5, 5.41) is 0.687. The molecule has 2 nitrogen and oxygen atoms in total. The molecule has 0 amide bonds. The summed E-state index contributed by atoms with van der Waals surface area (Å²) >= 11 is 1.94. The van der Waals surface area contributed by atoms with Crippen molar-refractivity contribution in [2.45, 2.75) is 36.0 Å². The van der Waals surface area contributed by atoms with Gasteiger partial charge >= 0.3 is 0 Å². The first-order chi connectivity index (χ1) is 6.77. The van der Waals surface area contributed by atoms with Gasteiger partial charge in [0.25, 0.3) is 0 Å². The molecule has 1 aromatic rings. The predicted molar refractivity (Wildman–Crippen MR) is 60.3 cm³/mol. The molecule has 0 spiro atoms. The number of hydrogen-bond donors (Lipinski definition) is 1. The van der Waals surface area contributed by atoms with Gasteiger partial charge in [0.2, 0.25) is 0 Å². The van der Waals surface area contributed by atoms with Gasteiger partial charge < -0.3 is 5.73 Å². The Balaban J connectivity index is 1.99. The Kier molecular flexibility index (Phi) is 3.08. The van der Waals surface area contributed by atoms with Crippen LogP contribution in [-0.2, 0) is 0 Å². The highest BCUT2D eigenvalue weighted by Gasteiger charge is 2.30. The van der Waals surface area contributed by atoms with Crippen LogP contribution in [0.4, 0.5) is 0 Å². The SMILES string of the molecule is CC1C(N)CCC1Sc1ccncc1. The van der Waals surface area contributed by atoms with Crippen molar-refractivity contribution in [3.05, 3.63) is 24.5 Å². The fourth-order valence-electron chi connectivity index (χ4n) is 1.92. The number of rotatable bonds is 2. The molecule has 0 aliphatic heterocycles. The molecule has 0 aromatic carbocycles. The zero-order valence-corrected chi connectivity index (χ0v) is 9.20. The summed E-state index contributed by atoms with van der Waals surface area (Å²) in [7, 11) is 0. The van der Waals surface area contributed by atoms with Crippen molar-refractivity contribution in [3.8, 4) is 0 Å². The maximum Gasteiger partial charge on any atom is 0.0278 e. The number of thioether (sulfide) groups is 1. The van der Waals surface area contributed by atoms with Crippen LogP contribution in [0.25, 0.3) is 0 Å². The summed E-state index contributed by atoms with van der Waals surface area (Å²) in [5.74, 6) is 0.633. The summed E-state index contributed by atoms with van der Waals surface area (Å²) in [6.45, 7) is 2.26. The summed E-state index contributed by atoms with van der Waals surface area (Å²) < 4.78 is 0. The third kappa shape index (κ3) is 2.10. The zero-order valence-electron chi connectivity index (χ0n) is 8.39. The van der Waals surface area contributed by atoms with Crippen LogP contribution in [0.3, 0.4) is 0 Å². The lowest BCUT2D eigenvalue weighted by Crippen LogP contribution is -2.25. The van der Waals surface area contributed by atoms with E-state index in [4.69, 9.17) is 5.73 Å². The molecule has 1 aliphatic rings. The van der Waals surface area contributed by atoms with Crippen LogP contribution in [0, 0.1) is 5.92 Å². The molecule has 0 saturated heterocycles. The van der Waals surface area contributed by atoms with Crippen LogP contribution in [0.2, 0.25) is 0 Å². The molecule has 2 N–H and O–H groups in total. The van der Waals surface area contributed by atoms with Gasteiger partial charge in [-0.15, -0.1) is 11.8 Å². The van der Waals surface area contributed by atoms with Crippen LogP contribution < -0.4 is 5.73 Å². The zero-order chi connectivity index (χ0) is 9.97. The van der Waals surface area contributed by atoms with Gasteiger partial charge in [0, 0.05) is 28.6 Å². The highest BCUT2D eigenvalue weighted by atomic mass is 32.2. The average molecular weight is 208 g/mol. The molecular weight excluding hydrogens is 192 g/mol. The molecular formula is C11H16N2S. The normalized spacial score (nSPS) is 32.0. The monoisotopic (exact) mass is 208 g/mol. The molecule has 0 radical (unpaired) electrons. The van der Waals surface area contributed by atoms with Crippen molar-refractivity contribution >= 4 is 11.8 Å². The second-order valence-corrected chi connectivity index (χ2v) is 5.25. The summed E-state index contributed by atoms with van der Waals surface area (Å²) in [6, 6.07) is 4.54. The molecule has 1 saturated carbocycles. The lowest BCUT2D eigenvalue weighted by atomic mass is 10.1. The van der Waals surface area contributed by atoms with Gasteiger partial charge in [0.05, 0.1) is 0 Å². The highest BCUT2D eigenvalue weighted by molar-refractivity contribution is 8.00. The maximum atomic E-state index is 6.00. The molecule has 0 bridgehead atoms. The van der Waals surface area contributed by atoms with Crippen molar-refractivity contribution < 1.29 is 0 Å². The van der Waals surface area contributed by atoms with Crippen molar-refractivity contribution in [1.82, 2.24) is 4.98 Å². The predicted octanol–water partition coefficient (Wildman–Crippen LogP) is 2.30. The minimum Gasteiger partial charge on any atom is -0.327 e. The number of aromatic nitrogens is 1. The summed E-state index contributed by atoms with van der Waals surface area (Å²) in [5.41, 5.74) is 6.00. The number of pyridine rings is 1. The maximum absolute atomic E-state index is 6.00. The molecule has 2 rings (SSSR count). The van der Waals surface area contributed by atoms with E-state index in [2.05, 4.69) is 24.0 Å². The van der Waals surface area contributed by atoms with Crippen molar-refractivity contribution in [2.24, 2.45) is 11.7 Å². The van der Waals surface area contributed by atoms with Gasteiger partial charge in [0.1, 0.15) is 0 Å². The van der Waals surface area contributed by atoms with Crippen molar-refractivity contribution in [1.29, 1.82) is 0 Å². The molecule has 1 heterocycles. The van der Waals surface area contributed by atoms with Gasteiger partial charge in [0.15, 0.2) is 0 Å². The quantitative estimate of drug-likeness (QED) is 0.810. The molecule has 1 fully saturated rings. The van der Waals surface area contributed by atoms with E-state index in [9.17, 15) is 0 Å². The minimum atomic E-state index is 0.398. The van der Waals surface area contributed by atoms with Gasteiger partial charge in [-0.05, 0) is 30.9 Å². The van der Waals surface area contributed by atoms with Crippen LogP contribution in [0.1, 0.15) is 19.8 Å². The van der Waals surface area contributed by atoms with Gasteiger partial charge in [-0.1, -0.05) is 6.92 Å². The summed E-state index contributed by atoms with van der Waals surface area (Å²) in [4.78, 5) is 5.33. The van der Waals surface area contributed by atoms with E-state index >= 15 is 0 Å². The van der Waals surface area contributed by atoms with Crippen LogP contribution in [-0.4, -0.2) is 16.3 Å². The Hall–Kier alpha value is -0.540. The second-order valence-electron chi connectivity index (χ2n) is 3.94. The van der Waals surface area contributed by atoms with Crippen LogP contribution in [0.5, 0.6) is 0 Å². The molecule has 3 unspecified atom stereocenters. The van der Waals surface area contributed by atoms with Crippen LogP contribution >= 0.6 is 11.8 Å². The number of hydrogen-bond acceptors (Lipinski definition) is 3. The molecule has 76 valence electrons. The van der Waals surface area contributed by atoms with E-state index in [0.29, 0.717) is 17.2 Å². The van der Waals surface area contributed by atoms with Crippen LogP contribution in [0.15, 0.2) is 29.4 Å². The Labute approximate surface area is 89.3 Å². The third-order valence-electron chi connectivity index (χ3n) is 2.98. The van der Waals surface area contributed by atoms with E-state index in [1.165, 1.54) is 17.7 Å². The van der Waals surface area contributed by atoms with Crippen molar-refractivity contribution in [3.63, 3.8) is 0 Å². The van der Waals surface area contributed by atoms with E-state index in [1.807, 2.05) is 24.2 Å². The Morgan fingerprint density at radius 2 is 2.07 bits per heavy atom. The smallest absolute Gasteiger partial charge is 0.0278 e. The minimum absolute atomic E-state index is 0.398. The fraction of sp³-hybridized carbons (Fsp3) is 0.545. The average Bonchev–Trinajstić information content (AvgIpc) is 2.52. The van der Waals surface area contributed by atoms with Gasteiger partial charge in [-0.25, -0.2) is 0 Å². The largest absolute Gasteiger partial charge is 0.327 e. The molecule has 1 aliphatic carbocycles. The first-order valence-electron chi connectivity index (χ1n) is 5.09. The number of nitrogens with two attached hydrogens (primary N) is 1. The highest BCUT2D eigenvalue weighted by Crippen LogP contribution is 2.37. The van der Waals surface area contributed by atoms with Gasteiger partial charge in [-0.2, -0.15) is 0 Å². The second kappa shape index (κ2) is 4.32. The Morgan fingerprint density at radius 3 is 2.64 bits per heavy atom. The lowest BCUT2D eigenvalue weighted by molar-refractivity contribution is 0.535. The molecule has 3 heteroatoms. The van der Waals surface area contributed by atoms with E-state index < -0.39 is 0 Å². The fourth-order valence-corrected chi connectivity index (χ4v) is 3.21. The third-order valence-corrected chi connectivity index (χ3v) is 4.50. The molecule has 3 atom stereocenters. The Bertz CT molecular complexity index is 289. The number of nitrogens with zero attached hydrogens (tertiary/aromatic N) is 1. The van der Waals surface area contributed by atoms with Crippen molar-refractivity contribution in [2.75, 3.05) is 0 Å². The van der Waals surface area contributed by atoms with E-state index in [1.54, 1.807) is 0 Å². The molecule has 14 heavy (non-hydrogen) atoms. The summed E-state index contributed by atoms with van der Waals surface area (Å²) in [6.07, 6.45) is 6.11. The standard InChI is InChI=1S/C11H16N2S/c1-8-10(12)2-3-11(8)14-9-4-6-13-7-5-9/h4-8,10-11H,2-3,12H2,1H3. The van der Waals surface area contributed by atoms with Gasteiger partial charge in [-0.3, -0.25) is 4.98 Å². The first-order valence-corrected chi connectivity index (χ1v) is 5.97. The first kappa shape index (κ1) is 9.99. The lowest BCUT2D eigenvalue weighted by Gasteiger charge is -2.17. The topological polar surface area (TPSA) is 38.9 Å². The van der Waals surface area contributed by atoms with E-state index in [-0.39, 0.29) is 0 Å². The Morgan fingerprint density at radius 1 is 1.36 bits per heavy atom. The molecule has 1 aromatic heterocycles.